The predicted octanol–water partition coefficient (Wildman–Crippen LogP) is 2.14. The number of halogens is 3. The molecule has 0 aliphatic carbocycles. The van der Waals surface area contributed by atoms with Gasteiger partial charge in [-0.1, -0.05) is 6.07 Å². The van der Waals surface area contributed by atoms with Crippen molar-refractivity contribution in [1.29, 1.82) is 0 Å². The zero-order chi connectivity index (χ0) is 14.5. The summed E-state index contributed by atoms with van der Waals surface area (Å²) in [6.45, 7) is 3.56. The van der Waals surface area contributed by atoms with Crippen LogP contribution in [0.4, 0.5) is 4.39 Å². The highest BCUT2D eigenvalue weighted by atomic mass is 35.5. The van der Waals surface area contributed by atoms with E-state index in [1.165, 1.54) is 13.2 Å². The molecular weight excluding hydrogens is 318 g/mol. The van der Waals surface area contributed by atoms with Crippen molar-refractivity contribution < 1.29 is 13.9 Å². The fraction of sp³-hybridized carbons (Fsp3) is 0.500. The van der Waals surface area contributed by atoms with Gasteiger partial charge in [0.25, 0.3) is 0 Å². The number of carbonyl (C=O) groups excluding carboxylic acids is 1. The Hall–Kier alpha value is -1.04. The van der Waals surface area contributed by atoms with E-state index in [0.717, 1.165) is 18.7 Å². The van der Waals surface area contributed by atoms with Crippen LogP contribution in [0.1, 0.15) is 5.56 Å². The van der Waals surface area contributed by atoms with Crippen LogP contribution in [0.25, 0.3) is 0 Å². The second kappa shape index (κ2) is 8.41. The molecule has 1 saturated heterocycles. The second-order valence-corrected chi connectivity index (χ2v) is 5.03. The molecule has 4 nitrogen and oxygen atoms in total. The van der Waals surface area contributed by atoms with Gasteiger partial charge >= 0.3 is 0 Å². The van der Waals surface area contributed by atoms with Crippen molar-refractivity contribution in [3.05, 3.63) is 29.6 Å². The highest BCUT2D eigenvalue weighted by Crippen LogP contribution is 2.19. The van der Waals surface area contributed by atoms with Crippen molar-refractivity contribution in [1.82, 2.24) is 9.80 Å². The fourth-order valence-corrected chi connectivity index (χ4v) is 2.48. The molecule has 1 aliphatic rings. The highest BCUT2D eigenvalue weighted by Gasteiger charge is 2.20. The van der Waals surface area contributed by atoms with Gasteiger partial charge in [-0.15, -0.1) is 24.0 Å². The lowest BCUT2D eigenvalue weighted by atomic mass is 10.2. The molecule has 0 bridgehead atoms. The van der Waals surface area contributed by atoms with Crippen LogP contribution in [0, 0.1) is 5.82 Å². The Bertz CT molecular complexity index is 480. The highest BCUT2D eigenvalue weighted by molar-refractivity contribution is 6.27. The van der Waals surface area contributed by atoms with Crippen molar-refractivity contribution in [2.75, 3.05) is 39.2 Å². The average molecular weight is 337 g/mol. The molecule has 0 unspecified atom stereocenters. The third-order valence-corrected chi connectivity index (χ3v) is 3.69. The van der Waals surface area contributed by atoms with E-state index in [1.54, 1.807) is 11.0 Å². The molecule has 0 atom stereocenters. The van der Waals surface area contributed by atoms with E-state index in [-0.39, 0.29) is 35.8 Å². The van der Waals surface area contributed by atoms with Crippen molar-refractivity contribution in [2.24, 2.45) is 0 Å². The lowest BCUT2D eigenvalue weighted by Gasteiger charge is -2.34. The number of hydrogen-bond donors (Lipinski definition) is 0. The van der Waals surface area contributed by atoms with Crippen LogP contribution in [0.5, 0.6) is 5.75 Å². The van der Waals surface area contributed by atoms with Gasteiger partial charge in [0.2, 0.25) is 5.91 Å². The minimum atomic E-state index is -0.346. The Morgan fingerprint density at radius 3 is 2.52 bits per heavy atom. The first kappa shape index (κ1) is 18.0. The quantitative estimate of drug-likeness (QED) is 0.790. The lowest BCUT2D eigenvalue weighted by molar-refractivity contribution is -0.130. The van der Waals surface area contributed by atoms with E-state index >= 15 is 0 Å². The second-order valence-electron chi connectivity index (χ2n) is 4.76. The van der Waals surface area contributed by atoms with E-state index in [4.69, 9.17) is 16.3 Å². The molecule has 0 spiro atoms. The van der Waals surface area contributed by atoms with E-state index in [0.29, 0.717) is 19.6 Å². The van der Waals surface area contributed by atoms with Crippen LogP contribution in [-0.2, 0) is 11.3 Å². The van der Waals surface area contributed by atoms with Gasteiger partial charge < -0.3 is 9.64 Å². The Morgan fingerprint density at radius 1 is 1.33 bits per heavy atom. The largest absolute Gasteiger partial charge is 0.494 e. The van der Waals surface area contributed by atoms with Crippen LogP contribution >= 0.6 is 24.0 Å². The van der Waals surface area contributed by atoms with Crippen LogP contribution in [0.3, 0.4) is 0 Å². The summed E-state index contributed by atoms with van der Waals surface area (Å²) in [5.41, 5.74) is 0.903. The van der Waals surface area contributed by atoms with Gasteiger partial charge in [-0.25, -0.2) is 4.39 Å². The van der Waals surface area contributed by atoms with Crippen LogP contribution in [0.2, 0.25) is 0 Å². The van der Waals surface area contributed by atoms with Crippen molar-refractivity contribution in [2.45, 2.75) is 6.54 Å². The number of carbonyl (C=O) groups is 1. The summed E-state index contributed by atoms with van der Waals surface area (Å²) < 4.78 is 18.5. The number of methoxy groups -OCH3 is 1. The summed E-state index contributed by atoms with van der Waals surface area (Å²) in [5.74, 6) is -0.0852. The molecule has 21 heavy (non-hydrogen) atoms. The van der Waals surface area contributed by atoms with E-state index < -0.39 is 0 Å². The number of nitrogens with zero attached hydrogens (tertiary/aromatic N) is 2. The predicted molar refractivity (Wildman–Crippen MR) is 82.8 cm³/mol. The first-order valence-electron chi connectivity index (χ1n) is 6.52. The number of alkyl halides is 1. The van der Waals surface area contributed by atoms with Crippen molar-refractivity contribution in [3.8, 4) is 5.75 Å². The molecule has 0 N–H and O–H groups in total. The van der Waals surface area contributed by atoms with Crippen LogP contribution in [0.15, 0.2) is 18.2 Å². The first-order valence-corrected chi connectivity index (χ1v) is 7.06. The van der Waals surface area contributed by atoms with Gasteiger partial charge in [0.1, 0.15) is 5.88 Å². The van der Waals surface area contributed by atoms with Gasteiger partial charge in [0.05, 0.1) is 7.11 Å². The Morgan fingerprint density at radius 2 is 2.00 bits per heavy atom. The first-order chi connectivity index (χ1) is 9.63. The maximum Gasteiger partial charge on any atom is 0.237 e. The molecule has 0 radical (unpaired) electrons. The molecule has 1 aromatic carbocycles. The Balaban J connectivity index is 0.00000220. The van der Waals surface area contributed by atoms with Crippen LogP contribution in [-0.4, -0.2) is 54.9 Å². The monoisotopic (exact) mass is 336 g/mol. The molecule has 118 valence electrons. The van der Waals surface area contributed by atoms with E-state index in [2.05, 4.69) is 4.90 Å². The molecule has 1 aliphatic heterocycles. The third-order valence-electron chi connectivity index (χ3n) is 3.46. The zero-order valence-electron chi connectivity index (χ0n) is 11.8. The summed E-state index contributed by atoms with van der Waals surface area (Å²) in [5, 5.41) is 0. The number of ether oxygens (including phenoxy) is 1. The summed E-state index contributed by atoms with van der Waals surface area (Å²) in [6.07, 6.45) is 0. The Kier molecular flexibility index (Phi) is 7.22. The van der Waals surface area contributed by atoms with Crippen LogP contribution < -0.4 is 4.74 Å². The summed E-state index contributed by atoms with van der Waals surface area (Å²) >= 11 is 5.54. The molecular formula is C14H19Cl2FN2O2. The molecule has 0 saturated carbocycles. The molecule has 0 aromatic heterocycles. The molecule has 2 rings (SSSR count). The average Bonchev–Trinajstić information content (AvgIpc) is 2.47. The molecule has 1 heterocycles. The maximum atomic E-state index is 13.6. The van der Waals surface area contributed by atoms with E-state index in [9.17, 15) is 9.18 Å². The molecule has 1 amide bonds. The van der Waals surface area contributed by atoms with Gasteiger partial charge in [-0.05, 0) is 17.7 Å². The normalized spacial score (nSPS) is 15.5. The number of benzene rings is 1. The summed E-state index contributed by atoms with van der Waals surface area (Å²) in [6, 6.07) is 4.99. The topological polar surface area (TPSA) is 32.8 Å². The van der Waals surface area contributed by atoms with Gasteiger partial charge in [-0.3, -0.25) is 9.69 Å². The van der Waals surface area contributed by atoms with Gasteiger partial charge in [-0.2, -0.15) is 0 Å². The minimum absolute atomic E-state index is 0. The molecule has 7 heteroatoms. The third kappa shape index (κ3) is 4.73. The Labute approximate surface area is 135 Å². The summed E-state index contributed by atoms with van der Waals surface area (Å²) in [7, 11) is 1.45. The zero-order valence-corrected chi connectivity index (χ0v) is 13.4. The minimum Gasteiger partial charge on any atom is -0.494 e. The van der Waals surface area contributed by atoms with Crippen molar-refractivity contribution in [3.63, 3.8) is 0 Å². The molecule has 1 aromatic rings. The number of amides is 1. The summed E-state index contributed by atoms with van der Waals surface area (Å²) in [4.78, 5) is 15.4. The van der Waals surface area contributed by atoms with Gasteiger partial charge in [0.15, 0.2) is 11.6 Å². The van der Waals surface area contributed by atoms with Crippen molar-refractivity contribution >= 4 is 29.9 Å². The fourth-order valence-electron chi connectivity index (χ4n) is 2.31. The number of rotatable bonds is 4. The maximum absolute atomic E-state index is 13.6. The number of hydrogen-bond acceptors (Lipinski definition) is 3. The van der Waals surface area contributed by atoms with E-state index in [1.807, 2.05) is 6.07 Å². The smallest absolute Gasteiger partial charge is 0.237 e. The standard InChI is InChI=1S/C14H18ClFN2O2.ClH/c1-20-13-3-2-11(8-12(13)16)10-17-4-6-18(7-5-17)14(19)9-15;/h2-3,8H,4-7,9-10H2,1H3;1H. The number of piperazine rings is 1. The SMILES string of the molecule is COc1ccc(CN2CCN(C(=O)CCl)CC2)cc1F.Cl. The molecule has 1 fully saturated rings. The lowest BCUT2D eigenvalue weighted by Crippen LogP contribution is -2.48. The van der Waals surface area contributed by atoms with Gasteiger partial charge in [0, 0.05) is 32.7 Å².